The van der Waals surface area contributed by atoms with Crippen molar-refractivity contribution in [3.63, 3.8) is 0 Å². The zero-order chi connectivity index (χ0) is 19.5. The Morgan fingerprint density at radius 3 is 2.61 bits per heavy atom. The number of H-pyrrole nitrogens is 1. The van der Waals surface area contributed by atoms with Gasteiger partial charge in [-0.1, -0.05) is 30.3 Å². The van der Waals surface area contributed by atoms with Crippen LogP contribution < -0.4 is 5.56 Å². The van der Waals surface area contributed by atoms with Gasteiger partial charge in [-0.25, -0.2) is 14.4 Å². The Kier molecular flexibility index (Phi) is 4.60. The van der Waals surface area contributed by atoms with Gasteiger partial charge in [0, 0.05) is 34.4 Å². The van der Waals surface area contributed by atoms with E-state index >= 15 is 0 Å². The van der Waals surface area contributed by atoms with Crippen molar-refractivity contribution in [1.29, 1.82) is 0 Å². The number of halogens is 1. The second-order valence-electron chi connectivity index (χ2n) is 6.13. The molecule has 0 bridgehead atoms. The molecule has 2 aromatic carbocycles. The van der Waals surface area contributed by atoms with E-state index in [1.165, 1.54) is 30.6 Å². The summed E-state index contributed by atoms with van der Waals surface area (Å²) >= 11 is 0. The highest BCUT2D eigenvalue weighted by Crippen LogP contribution is 2.30. The molecule has 2 aromatic heterocycles. The largest absolute Gasteiger partial charge is 0.321 e. The topological polar surface area (TPSA) is 75.7 Å². The molecule has 4 aromatic rings. The lowest BCUT2D eigenvalue weighted by atomic mass is 9.94. The maximum atomic E-state index is 13.9. The van der Waals surface area contributed by atoms with Crippen molar-refractivity contribution in [2.75, 3.05) is 0 Å². The number of allylic oxidation sites excluding steroid dienone is 1. The van der Waals surface area contributed by atoms with Crippen LogP contribution in [0.3, 0.4) is 0 Å². The van der Waals surface area contributed by atoms with Gasteiger partial charge < -0.3 is 4.98 Å². The van der Waals surface area contributed by atoms with Crippen LogP contribution in [0.25, 0.3) is 28.1 Å². The molecule has 0 amide bonds. The molecule has 0 aliphatic carbocycles. The fraction of sp³-hybridized carbons (Fsp3) is 0. The number of ketones is 1. The Labute approximate surface area is 159 Å². The number of nitrogens with zero attached hydrogens (tertiary/aromatic N) is 2. The highest BCUT2D eigenvalue weighted by molar-refractivity contribution is 6.15. The molecule has 136 valence electrons. The van der Waals surface area contributed by atoms with E-state index in [1.807, 2.05) is 0 Å². The minimum atomic E-state index is -0.531. The molecule has 0 aliphatic heterocycles. The first kappa shape index (κ1) is 17.5. The van der Waals surface area contributed by atoms with Crippen LogP contribution in [-0.2, 0) is 0 Å². The molecule has 0 spiro atoms. The average molecular weight is 371 g/mol. The highest BCUT2D eigenvalue weighted by atomic mass is 19.1. The molecule has 6 heteroatoms. The van der Waals surface area contributed by atoms with Gasteiger partial charge in [-0.3, -0.25) is 9.59 Å². The number of fused-ring (bicyclic) bond motifs is 1. The zero-order valence-corrected chi connectivity index (χ0v) is 14.6. The lowest BCUT2D eigenvalue weighted by Gasteiger charge is -2.11. The van der Waals surface area contributed by atoms with Crippen LogP contribution in [0, 0.1) is 5.82 Å². The van der Waals surface area contributed by atoms with Gasteiger partial charge in [-0.15, -0.1) is 0 Å². The quantitative estimate of drug-likeness (QED) is 0.434. The smallest absolute Gasteiger partial charge is 0.260 e. The molecule has 1 N–H and O–H groups in total. The van der Waals surface area contributed by atoms with E-state index in [9.17, 15) is 14.0 Å². The Hall–Kier alpha value is -3.93. The van der Waals surface area contributed by atoms with Gasteiger partial charge in [-0.05, 0) is 35.9 Å². The third-order valence-corrected chi connectivity index (χ3v) is 4.29. The SMILES string of the molecule is O=C(/C=C/c1cncnc1)c1c(-c2cccc(F)c2)c2ccccc2[nH]c1=O. The lowest BCUT2D eigenvalue weighted by molar-refractivity contribution is 0.104. The Morgan fingerprint density at radius 1 is 1.04 bits per heavy atom. The number of benzene rings is 2. The van der Waals surface area contributed by atoms with Gasteiger partial charge in [0.2, 0.25) is 0 Å². The van der Waals surface area contributed by atoms with Crippen LogP contribution >= 0.6 is 0 Å². The van der Waals surface area contributed by atoms with Crippen LogP contribution in [0.4, 0.5) is 4.39 Å². The second kappa shape index (κ2) is 7.36. The molecule has 2 heterocycles. The summed E-state index contributed by atoms with van der Waals surface area (Å²) in [5.41, 5.74) is 1.48. The number of nitrogens with one attached hydrogen (secondary N) is 1. The summed E-state index contributed by atoms with van der Waals surface area (Å²) in [4.78, 5) is 36.2. The summed E-state index contributed by atoms with van der Waals surface area (Å²) in [5, 5.41) is 0.660. The number of hydrogen-bond acceptors (Lipinski definition) is 4. The number of aromatic amines is 1. The fourth-order valence-electron chi connectivity index (χ4n) is 3.07. The first-order chi connectivity index (χ1) is 13.6. The summed E-state index contributed by atoms with van der Waals surface area (Å²) in [7, 11) is 0. The second-order valence-corrected chi connectivity index (χ2v) is 6.13. The molecule has 0 fully saturated rings. The van der Waals surface area contributed by atoms with E-state index in [0.717, 1.165) is 0 Å². The number of hydrogen-bond donors (Lipinski definition) is 1. The van der Waals surface area contributed by atoms with Crippen molar-refractivity contribution in [3.8, 4) is 11.1 Å². The minimum Gasteiger partial charge on any atom is -0.321 e. The third-order valence-electron chi connectivity index (χ3n) is 4.29. The van der Waals surface area contributed by atoms with Gasteiger partial charge in [0.25, 0.3) is 5.56 Å². The number of pyridine rings is 1. The maximum Gasteiger partial charge on any atom is 0.260 e. The van der Waals surface area contributed by atoms with Gasteiger partial charge in [0.1, 0.15) is 12.1 Å². The Bertz CT molecular complexity index is 1260. The normalized spacial score (nSPS) is 11.2. The van der Waals surface area contributed by atoms with Crippen molar-refractivity contribution in [1.82, 2.24) is 15.0 Å². The van der Waals surface area contributed by atoms with Crippen LogP contribution in [-0.4, -0.2) is 20.7 Å². The number of rotatable bonds is 4. The van der Waals surface area contributed by atoms with Gasteiger partial charge in [-0.2, -0.15) is 0 Å². The fourth-order valence-corrected chi connectivity index (χ4v) is 3.07. The monoisotopic (exact) mass is 371 g/mol. The highest BCUT2D eigenvalue weighted by Gasteiger charge is 2.19. The van der Waals surface area contributed by atoms with Gasteiger partial charge in [0.15, 0.2) is 5.78 Å². The summed E-state index contributed by atoms with van der Waals surface area (Å²) in [6.07, 6.45) is 7.31. The molecule has 4 rings (SSSR count). The zero-order valence-electron chi connectivity index (χ0n) is 14.6. The summed E-state index contributed by atoms with van der Waals surface area (Å²) in [5.74, 6) is -0.938. The van der Waals surface area contributed by atoms with E-state index < -0.39 is 17.2 Å². The van der Waals surface area contributed by atoms with Crippen molar-refractivity contribution in [3.05, 3.63) is 101 Å². The molecule has 5 nitrogen and oxygen atoms in total. The molecule has 0 saturated heterocycles. The average Bonchev–Trinajstić information content (AvgIpc) is 2.71. The van der Waals surface area contributed by atoms with Crippen molar-refractivity contribution < 1.29 is 9.18 Å². The van der Waals surface area contributed by atoms with E-state index in [1.54, 1.807) is 48.8 Å². The predicted molar refractivity (Wildman–Crippen MR) is 105 cm³/mol. The van der Waals surface area contributed by atoms with E-state index in [-0.39, 0.29) is 5.56 Å². The standard InChI is InChI=1S/C22H14FN3O2/c23-16-5-3-4-15(10-16)20-17-6-1-2-7-18(17)26-22(28)21(20)19(27)9-8-14-11-24-13-25-12-14/h1-13H,(H,26,28)/b9-8+. The van der Waals surface area contributed by atoms with Crippen molar-refractivity contribution in [2.24, 2.45) is 0 Å². The maximum absolute atomic E-state index is 13.9. The minimum absolute atomic E-state index is 0.0441. The molecule has 0 aliphatic rings. The molecule has 28 heavy (non-hydrogen) atoms. The van der Waals surface area contributed by atoms with Crippen LogP contribution in [0.15, 0.2) is 78.1 Å². The predicted octanol–water partition coefficient (Wildman–Crippen LogP) is 4.02. The number of carbonyl (C=O) groups is 1. The third kappa shape index (κ3) is 3.35. The number of carbonyl (C=O) groups excluding carboxylic acids is 1. The van der Waals surface area contributed by atoms with Gasteiger partial charge in [0.05, 0.1) is 5.56 Å². The van der Waals surface area contributed by atoms with Crippen LogP contribution in [0.5, 0.6) is 0 Å². The van der Waals surface area contributed by atoms with Crippen LogP contribution in [0.1, 0.15) is 15.9 Å². The van der Waals surface area contributed by atoms with E-state index in [2.05, 4.69) is 15.0 Å². The summed E-state index contributed by atoms with van der Waals surface area (Å²) in [6, 6.07) is 13.0. The Balaban J connectivity index is 1.94. The first-order valence-electron chi connectivity index (χ1n) is 8.52. The molecular weight excluding hydrogens is 357 g/mol. The molecule has 0 radical (unpaired) electrons. The van der Waals surface area contributed by atoms with Gasteiger partial charge >= 0.3 is 0 Å². The van der Waals surface area contributed by atoms with E-state index in [0.29, 0.717) is 27.6 Å². The van der Waals surface area contributed by atoms with Crippen LogP contribution in [0.2, 0.25) is 0 Å². The number of para-hydroxylation sites is 1. The number of aromatic nitrogens is 3. The Morgan fingerprint density at radius 2 is 1.82 bits per heavy atom. The first-order valence-corrected chi connectivity index (χ1v) is 8.52. The van der Waals surface area contributed by atoms with E-state index in [4.69, 9.17) is 0 Å². The molecular formula is C22H14FN3O2. The molecule has 0 atom stereocenters. The lowest BCUT2D eigenvalue weighted by Crippen LogP contribution is -2.18. The van der Waals surface area contributed by atoms with Crippen molar-refractivity contribution >= 4 is 22.8 Å². The molecule has 0 saturated carbocycles. The summed E-state index contributed by atoms with van der Waals surface area (Å²) < 4.78 is 13.9. The van der Waals surface area contributed by atoms with Crippen molar-refractivity contribution in [2.45, 2.75) is 0 Å². The molecule has 0 unspecified atom stereocenters. The summed E-state index contributed by atoms with van der Waals surface area (Å²) in [6.45, 7) is 0.